The Morgan fingerprint density at radius 3 is 2.81 bits per heavy atom. The molecule has 31 heavy (non-hydrogen) atoms. The molecule has 3 aromatic heterocycles. The van der Waals surface area contributed by atoms with Crippen LogP contribution < -0.4 is 0 Å². The van der Waals surface area contributed by atoms with Gasteiger partial charge in [0.05, 0.1) is 17.8 Å². The van der Waals surface area contributed by atoms with Crippen molar-refractivity contribution in [2.75, 3.05) is 39.2 Å². The van der Waals surface area contributed by atoms with Gasteiger partial charge in [0.2, 0.25) is 10.0 Å². The van der Waals surface area contributed by atoms with E-state index in [1.807, 2.05) is 18.6 Å². The fraction of sp³-hybridized carbons (Fsp3) is 0.545. The Kier molecular flexibility index (Phi) is 5.68. The van der Waals surface area contributed by atoms with Crippen LogP contribution in [0.2, 0.25) is 0 Å². The van der Waals surface area contributed by atoms with E-state index in [4.69, 9.17) is 4.74 Å². The van der Waals surface area contributed by atoms with Crippen molar-refractivity contribution >= 4 is 32.0 Å². The zero-order chi connectivity index (χ0) is 21.4. The van der Waals surface area contributed by atoms with Crippen LogP contribution >= 0.6 is 0 Å². The first-order valence-electron chi connectivity index (χ1n) is 11.0. The van der Waals surface area contributed by atoms with E-state index in [0.29, 0.717) is 19.0 Å². The van der Waals surface area contributed by atoms with Gasteiger partial charge in [-0.1, -0.05) is 0 Å². The minimum atomic E-state index is -3.31. The molecule has 2 saturated heterocycles. The van der Waals surface area contributed by atoms with Crippen LogP contribution in [0.3, 0.4) is 0 Å². The second-order valence-corrected chi connectivity index (χ2v) is 10.6. The molecule has 166 valence electrons. The summed E-state index contributed by atoms with van der Waals surface area (Å²) >= 11 is 0. The third-order valence-corrected chi connectivity index (χ3v) is 8.57. The van der Waals surface area contributed by atoms with Gasteiger partial charge in [0.1, 0.15) is 11.5 Å². The molecule has 0 saturated carbocycles. The molecule has 9 heteroatoms. The van der Waals surface area contributed by atoms with Crippen molar-refractivity contribution < 1.29 is 13.2 Å². The molecule has 5 rings (SSSR count). The van der Waals surface area contributed by atoms with Crippen molar-refractivity contribution in [1.29, 1.82) is 0 Å². The van der Waals surface area contributed by atoms with Gasteiger partial charge in [-0.05, 0) is 62.4 Å². The van der Waals surface area contributed by atoms with E-state index >= 15 is 0 Å². The second-order valence-electron chi connectivity index (χ2n) is 8.65. The quantitative estimate of drug-likeness (QED) is 0.652. The molecule has 1 atom stereocenters. The first-order chi connectivity index (χ1) is 15.0. The first-order valence-corrected chi connectivity index (χ1v) is 12.6. The van der Waals surface area contributed by atoms with Gasteiger partial charge in [-0.15, -0.1) is 0 Å². The summed E-state index contributed by atoms with van der Waals surface area (Å²) in [6, 6.07) is 4.17. The summed E-state index contributed by atoms with van der Waals surface area (Å²) in [4.78, 5) is 14.2. The lowest BCUT2D eigenvalue weighted by Gasteiger charge is -2.36. The van der Waals surface area contributed by atoms with E-state index in [-0.39, 0.29) is 12.0 Å². The Morgan fingerprint density at radius 1 is 1.16 bits per heavy atom. The number of H-pyrrole nitrogens is 1. The molecule has 0 bridgehead atoms. The van der Waals surface area contributed by atoms with Crippen LogP contribution in [0, 0.1) is 0 Å². The molecule has 0 amide bonds. The Bertz CT molecular complexity index is 1170. The summed E-state index contributed by atoms with van der Waals surface area (Å²) in [5.74, 6) is 0.483. The largest absolute Gasteiger partial charge is 0.380 e. The van der Waals surface area contributed by atoms with E-state index in [9.17, 15) is 8.42 Å². The van der Waals surface area contributed by atoms with Crippen molar-refractivity contribution in [3.05, 3.63) is 36.3 Å². The van der Waals surface area contributed by atoms with Gasteiger partial charge in [0.25, 0.3) is 0 Å². The molecule has 8 nitrogen and oxygen atoms in total. The highest BCUT2D eigenvalue weighted by molar-refractivity contribution is 7.89. The standard InChI is InChI=1S/C22H29N5O3S/c1-30-17-3-2-10-27(14-17)31(28,29)15-26-11-6-16(7-12-26)18-4-8-23-20-13-25-22-19(21(18)20)5-9-24-22/h4-5,8-9,13,16-17H,2-3,6-7,10-12,14-15H2,1H3,(H,24,25). The van der Waals surface area contributed by atoms with Gasteiger partial charge in [0.15, 0.2) is 0 Å². The minimum Gasteiger partial charge on any atom is -0.380 e. The molecular formula is C22H29N5O3S. The lowest BCUT2D eigenvalue weighted by atomic mass is 9.87. The molecule has 2 fully saturated rings. The molecule has 2 aliphatic rings. The van der Waals surface area contributed by atoms with Crippen LogP contribution in [0.15, 0.2) is 30.7 Å². The Hall–Kier alpha value is -2.07. The molecule has 0 spiro atoms. The summed E-state index contributed by atoms with van der Waals surface area (Å²) in [7, 11) is -1.65. The van der Waals surface area contributed by atoms with E-state index in [1.54, 1.807) is 11.4 Å². The van der Waals surface area contributed by atoms with E-state index in [2.05, 4.69) is 32.0 Å². The zero-order valence-corrected chi connectivity index (χ0v) is 18.6. The topological polar surface area (TPSA) is 91.4 Å². The molecular weight excluding hydrogens is 414 g/mol. The van der Waals surface area contributed by atoms with Gasteiger partial charge in [-0.25, -0.2) is 13.4 Å². The Labute approximate surface area is 182 Å². The van der Waals surface area contributed by atoms with Crippen LogP contribution in [0.5, 0.6) is 0 Å². The Morgan fingerprint density at radius 2 is 2.00 bits per heavy atom. The second kappa shape index (κ2) is 8.46. The SMILES string of the molecule is COC1CCCN(S(=O)(=O)CN2CCC(c3ccnc4cnc5[nH]ccc5c34)CC2)C1. The number of nitrogens with one attached hydrogen (secondary N) is 1. The number of aromatic amines is 1. The van der Waals surface area contributed by atoms with Crippen molar-refractivity contribution in [2.24, 2.45) is 0 Å². The van der Waals surface area contributed by atoms with E-state index in [0.717, 1.165) is 55.3 Å². The number of hydrogen-bond donors (Lipinski definition) is 1. The monoisotopic (exact) mass is 443 g/mol. The summed E-state index contributed by atoms with van der Waals surface area (Å²) in [6.07, 6.45) is 9.26. The van der Waals surface area contributed by atoms with Crippen LogP contribution in [0.25, 0.3) is 21.9 Å². The van der Waals surface area contributed by atoms with Crippen molar-refractivity contribution in [2.45, 2.75) is 37.7 Å². The maximum absolute atomic E-state index is 13.0. The highest BCUT2D eigenvalue weighted by Gasteiger charge is 2.32. The van der Waals surface area contributed by atoms with Crippen molar-refractivity contribution in [3.8, 4) is 0 Å². The van der Waals surface area contributed by atoms with Gasteiger partial charge >= 0.3 is 0 Å². The first kappa shape index (κ1) is 20.8. The predicted molar refractivity (Wildman–Crippen MR) is 120 cm³/mol. The molecule has 5 heterocycles. The number of fused-ring (bicyclic) bond motifs is 3. The number of aromatic nitrogens is 3. The number of likely N-dealkylation sites (tertiary alicyclic amines) is 1. The minimum absolute atomic E-state index is 0.00832. The normalized spacial score (nSPS) is 22.4. The van der Waals surface area contributed by atoms with Gasteiger partial charge < -0.3 is 9.72 Å². The molecule has 1 N–H and O–H groups in total. The molecule has 0 aromatic carbocycles. The number of ether oxygens (including phenoxy) is 1. The molecule has 0 radical (unpaired) electrons. The van der Waals surface area contributed by atoms with Crippen LogP contribution in [0.1, 0.15) is 37.2 Å². The molecule has 0 aliphatic carbocycles. The molecule has 2 aliphatic heterocycles. The number of methoxy groups -OCH3 is 1. The highest BCUT2D eigenvalue weighted by atomic mass is 32.2. The summed E-state index contributed by atoms with van der Waals surface area (Å²) in [6.45, 7) is 2.62. The summed E-state index contributed by atoms with van der Waals surface area (Å²) in [5, 5.41) is 2.27. The fourth-order valence-electron chi connectivity index (χ4n) is 5.06. The number of sulfonamides is 1. The number of pyridine rings is 2. The van der Waals surface area contributed by atoms with Gasteiger partial charge in [-0.3, -0.25) is 9.88 Å². The predicted octanol–water partition coefficient (Wildman–Crippen LogP) is 2.69. The third kappa shape index (κ3) is 4.07. The number of rotatable bonds is 5. The lowest BCUT2D eigenvalue weighted by Crippen LogP contribution is -2.47. The van der Waals surface area contributed by atoms with Crippen LogP contribution in [0.4, 0.5) is 0 Å². The molecule has 3 aromatic rings. The average Bonchev–Trinajstić information content (AvgIpc) is 3.28. The zero-order valence-electron chi connectivity index (χ0n) is 17.8. The maximum Gasteiger partial charge on any atom is 0.227 e. The maximum atomic E-state index is 13.0. The van der Waals surface area contributed by atoms with Crippen molar-refractivity contribution in [3.63, 3.8) is 0 Å². The smallest absolute Gasteiger partial charge is 0.227 e. The lowest BCUT2D eigenvalue weighted by molar-refractivity contribution is 0.0566. The summed E-state index contributed by atoms with van der Waals surface area (Å²) < 4.78 is 32.9. The fourth-order valence-corrected chi connectivity index (χ4v) is 6.74. The van der Waals surface area contributed by atoms with E-state index in [1.165, 1.54) is 10.9 Å². The number of piperidine rings is 2. The van der Waals surface area contributed by atoms with E-state index < -0.39 is 10.0 Å². The van der Waals surface area contributed by atoms with Crippen molar-refractivity contribution in [1.82, 2.24) is 24.2 Å². The van der Waals surface area contributed by atoms with Gasteiger partial charge in [-0.2, -0.15) is 4.31 Å². The number of nitrogens with zero attached hydrogens (tertiary/aromatic N) is 4. The highest BCUT2D eigenvalue weighted by Crippen LogP contribution is 2.35. The third-order valence-electron chi connectivity index (χ3n) is 6.76. The average molecular weight is 444 g/mol. The van der Waals surface area contributed by atoms with Crippen LogP contribution in [-0.2, 0) is 14.8 Å². The number of hydrogen-bond acceptors (Lipinski definition) is 6. The summed E-state index contributed by atoms with van der Waals surface area (Å²) in [5.41, 5.74) is 3.08. The Balaban J connectivity index is 1.29. The van der Waals surface area contributed by atoms with Gasteiger partial charge in [0, 0.05) is 43.4 Å². The molecule has 1 unspecified atom stereocenters. The van der Waals surface area contributed by atoms with Crippen LogP contribution in [-0.4, -0.2) is 77.8 Å².